The Bertz CT molecular complexity index is 1350. The molecule has 2 aliphatic heterocycles. The van der Waals surface area contributed by atoms with E-state index in [0.29, 0.717) is 30.1 Å². The molecule has 2 heterocycles. The number of amides is 1. The Labute approximate surface area is 212 Å². The molecule has 3 aromatic carbocycles. The zero-order valence-electron chi connectivity index (χ0n) is 20.4. The SMILES string of the molecule is COc1ccc(S(=O)(=O)N2CCCC2)cc1NC(=O)c1ccc(CN2CCc3ccccc3C2)cc1. The highest BCUT2D eigenvalue weighted by Gasteiger charge is 2.28. The monoisotopic (exact) mass is 505 g/mol. The van der Waals surface area contributed by atoms with Crippen molar-refractivity contribution in [2.24, 2.45) is 0 Å². The van der Waals surface area contributed by atoms with Crippen molar-refractivity contribution in [3.8, 4) is 5.75 Å². The van der Waals surface area contributed by atoms with Gasteiger partial charge < -0.3 is 10.1 Å². The van der Waals surface area contributed by atoms with E-state index in [0.717, 1.165) is 44.5 Å². The molecule has 1 amide bonds. The molecule has 0 saturated carbocycles. The highest BCUT2D eigenvalue weighted by Crippen LogP contribution is 2.30. The number of benzene rings is 3. The maximum absolute atomic E-state index is 13.0. The van der Waals surface area contributed by atoms with Gasteiger partial charge in [0.1, 0.15) is 5.75 Å². The number of nitrogens with one attached hydrogen (secondary N) is 1. The molecule has 0 aliphatic carbocycles. The van der Waals surface area contributed by atoms with Crippen LogP contribution in [0.4, 0.5) is 5.69 Å². The summed E-state index contributed by atoms with van der Waals surface area (Å²) in [5.74, 6) is 0.0909. The summed E-state index contributed by atoms with van der Waals surface area (Å²) >= 11 is 0. The molecule has 0 spiro atoms. The van der Waals surface area contributed by atoms with Crippen molar-refractivity contribution in [3.05, 3.63) is 89.0 Å². The third-order valence-electron chi connectivity index (χ3n) is 6.95. The normalized spacial score (nSPS) is 16.5. The van der Waals surface area contributed by atoms with Gasteiger partial charge in [0.25, 0.3) is 5.91 Å². The Morgan fingerprint density at radius 3 is 2.39 bits per heavy atom. The number of fused-ring (bicyclic) bond motifs is 1. The van der Waals surface area contributed by atoms with Crippen LogP contribution in [0.25, 0.3) is 0 Å². The minimum atomic E-state index is -3.60. The van der Waals surface area contributed by atoms with Crippen molar-refractivity contribution < 1.29 is 17.9 Å². The highest BCUT2D eigenvalue weighted by atomic mass is 32.2. The van der Waals surface area contributed by atoms with Crippen molar-refractivity contribution in [1.29, 1.82) is 0 Å². The quantitative estimate of drug-likeness (QED) is 0.518. The average molecular weight is 506 g/mol. The first-order chi connectivity index (χ1) is 17.4. The number of carbonyl (C=O) groups excluding carboxylic acids is 1. The lowest BCUT2D eigenvalue weighted by molar-refractivity contribution is 0.102. The molecule has 0 radical (unpaired) electrons. The van der Waals surface area contributed by atoms with Gasteiger partial charge in [-0.1, -0.05) is 36.4 Å². The maximum Gasteiger partial charge on any atom is 0.255 e. The number of hydrogen-bond donors (Lipinski definition) is 1. The number of methoxy groups -OCH3 is 1. The smallest absolute Gasteiger partial charge is 0.255 e. The van der Waals surface area contributed by atoms with Crippen LogP contribution in [0.1, 0.15) is 39.9 Å². The lowest BCUT2D eigenvalue weighted by atomic mass is 9.99. The van der Waals surface area contributed by atoms with Gasteiger partial charge in [-0.3, -0.25) is 9.69 Å². The van der Waals surface area contributed by atoms with Crippen molar-refractivity contribution in [2.45, 2.75) is 37.2 Å². The Morgan fingerprint density at radius 1 is 0.944 bits per heavy atom. The van der Waals surface area contributed by atoms with Gasteiger partial charge in [0.05, 0.1) is 17.7 Å². The van der Waals surface area contributed by atoms with Crippen LogP contribution in [0, 0.1) is 0 Å². The number of anilines is 1. The second-order valence-electron chi connectivity index (χ2n) is 9.35. The van der Waals surface area contributed by atoms with Crippen LogP contribution in [0.2, 0.25) is 0 Å². The van der Waals surface area contributed by atoms with Gasteiger partial charge in [0.15, 0.2) is 0 Å². The van der Waals surface area contributed by atoms with Crippen LogP contribution in [-0.4, -0.2) is 50.3 Å². The predicted octanol–water partition coefficient (Wildman–Crippen LogP) is 4.29. The minimum absolute atomic E-state index is 0.152. The lowest BCUT2D eigenvalue weighted by Gasteiger charge is -2.28. The van der Waals surface area contributed by atoms with Crippen LogP contribution in [0.3, 0.4) is 0 Å². The topological polar surface area (TPSA) is 79.0 Å². The van der Waals surface area contributed by atoms with Crippen molar-refractivity contribution in [1.82, 2.24) is 9.21 Å². The number of rotatable bonds is 7. The zero-order valence-corrected chi connectivity index (χ0v) is 21.3. The fraction of sp³-hybridized carbons (Fsp3) is 0.321. The molecule has 188 valence electrons. The molecule has 0 atom stereocenters. The molecule has 8 heteroatoms. The maximum atomic E-state index is 13.0. The van der Waals surface area contributed by atoms with Crippen LogP contribution in [-0.2, 0) is 29.5 Å². The fourth-order valence-electron chi connectivity index (χ4n) is 4.93. The Morgan fingerprint density at radius 2 is 1.67 bits per heavy atom. The fourth-order valence-corrected chi connectivity index (χ4v) is 6.47. The van der Waals surface area contributed by atoms with E-state index in [1.165, 1.54) is 34.7 Å². The number of nitrogens with zero attached hydrogens (tertiary/aromatic N) is 2. The molecule has 5 rings (SSSR count). The lowest BCUT2D eigenvalue weighted by Crippen LogP contribution is -2.29. The van der Waals surface area contributed by atoms with Crippen molar-refractivity contribution in [2.75, 3.05) is 32.1 Å². The summed E-state index contributed by atoms with van der Waals surface area (Å²) in [4.78, 5) is 15.6. The summed E-state index contributed by atoms with van der Waals surface area (Å²) in [6.07, 6.45) is 2.77. The van der Waals surface area contributed by atoms with E-state index in [-0.39, 0.29) is 10.8 Å². The Balaban J connectivity index is 1.27. The summed E-state index contributed by atoms with van der Waals surface area (Å²) in [6, 6.07) is 20.7. The van der Waals surface area contributed by atoms with Crippen LogP contribution in [0.5, 0.6) is 5.75 Å². The third kappa shape index (κ3) is 5.16. The van der Waals surface area contributed by atoms with Gasteiger partial charge in [-0.15, -0.1) is 0 Å². The van der Waals surface area contributed by atoms with Gasteiger partial charge in [-0.25, -0.2) is 8.42 Å². The van der Waals surface area contributed by atoms with Crippen LogP contribution >= 0.6 is 0 Å². The van der Waals surface area contributed by atoms with Crippen LogP contribution < -0.4 is 10.1 Å². The number of sulfonamides is 1. The second kappa shape index (κ2) is 10.4. The van der Waals surface area contributed by atoms with E-state index in [4.69, 9.17) is 4.74 Å². The van der Waals surface area contributed by atoms with Crippen molar-refractivity contribution >= 4 is 21.6 Å². The van der Waals surface area contributed by atoms with Gasteiger partial charge in [0.2, 0.25) is 10.0 Å². The van der Waals surface area contributed by atoms with Crippen LogP contribution in [0.15, 0.2) is 71.6 Å². The van der Waals surface area contributed by atoms with E-state index >= 15 is 0 Å². The summed E-state index contributed by atoms with van der Waals surface area (Å²) in [6.45, 7) is 3.80. The molecule has 7 nitrogen and oxygen atoms in total. The van der Waals surface area contributed by atoms with Gasteiger partial charge in [-0.05, 0) is 66.3 Å². The molecule has 1 fully saturated rings. The summed E-state index contributed by atoms with van der Waals surface area (Å²) < 4.78 is 32.8. The van der Waals surface area contributed by atoms with Gasteiger partial charge in [-0.2, -0.15) is 4.31 Å². The molecule has 0 unspecified atom stereocenters. The number of hydrogen-bond acceptors (Lipinski definition) is 5. The third-order valence-corrected chi connectivity index (χ3v) is 8.85. The first-order valence-corrected chi connectivity index (χ1v) is 13.8. The highest BCUT2D eigenvalue weighted by molar-refractivity contribution is 7.89. The van der Waals surface area contributed by atoms with E-state index < -0.39 is 10.0 Å². The Hall–Kier alpha value is -3.20. The van der Waals surface area contributed by atoms with E-state index in [9.17, 15) is 13.2 Å². The van der Waals surface area contributed by atoms with E-state index in [1.807, 2.05) is 12.1 Å². The minimum Gasteiger partial charge on any atom is -0.495 e. The molecular weight excluding hydrogens is 474 g/mol. The first kappa shape index (κ1) is 24.5. The predicted molar refractivity (Wildman–Crippen MR) is 140 cm³/mol. The molecule has 0 aromatic heterocycles. The zero-order chi connectivity index (χ0) is 25.1. The second-order valence-corrected chi connectivity index (χ2v) is 11.3. The summed E-state index contributed by atoms with van der Waals surface area (Å²) in [5, 5.41) is 2.84. The standard InChI is InChI=1S/C28H31N3O4S/c1-35-27-13-12-25(36(33,34)31-15-4-5-16-31)18-26(27)29-28(32)23-10-8-21(9-11-23)19-30-17-14-22-6-2-3-7-24(22)20-30/h2-3,6-13,18H,4-5,14-17,19-20H2,1H3,(H,29,32). The van der Waals surface area contributed by atoms with Gasteiger partial charge >= 0.3 is 0 Å². The first-order valence-electron chi connectivity index (χ1n) is 12.3. The number of ether oxygens (including phenoxy) is 1. The molecule has 3 aromatic rings. The largest absolute Gasteiger partial charge is 0.495 e. The molecule has 1 saturated heterocycles. The summed E-state index contributed by atoms with van der Waals surface area (Å²) in [7, 11) is -2.11. The molecule has 2 aliphatic rings. The molecular formula is C28H31N3O4S. The van der Waals surface area contributed by atoms with E-state index in [2.05, 4.69) is 34.5 Å². The molecule has 1 N–H and O–H groups in total. The average Bonchev–Trinajstić information content (AvgIpc) is 3.45. The van der Waals surface area contributed by atoms with Crippen molar-refractivity contribution in [3.63, 3.8) is 0 Å². The van der Waals surface area contributed by atoms with Gasteiger partial charge in [0, 0.05) is 38.3 Å². The molecule has 36 heavy (non-hydrogen) atoms. The van der Waals surface area contributed by atoms with E-state index in [1.54, 1.807) is 18.2 Å². The summed E-state index contributed by atoms with van der Waals surface area (Å²) in [5.41, 5.74) is 4.77. The molecule has 0 bridgehead atoms. The number of carbonyl (C=O) groups is 1. The Kier molecular flexibility index (Phi) is 7.09.